The van der Waals surface area contributed by atoms with Crippen LogP contribution in [0.4, 0.5) is 0 Å². The molecule has 2 aromatic rings. The van der Waals surface area contributed by atoms with E-state index < -0.39 is 0 Å². The van der Waals surface area contributed by atoms with Crippen molar-refractivity contribution >= 4 is 24.2 Å². The molecule has 2 rings (SSSR count). The van der Waals surface area contributed by atoms with Crippen LogP contribution in [0.25, 0.3) is 0 Å². The zero-order chi connectivity index (χ0) is 23.3. The average Bonchev–Trinajstić information content (AvgIpc) is 2.75. The van der Waals surface area contributed by atoms with Gasteiger partial charge in [0, 0.05) is 12.8 Å². The van der Waals surface area contributed by atoms with Crippen LogP contribution >= 0.6 is 0 Å². The van der Waals surface area contributed by atoms with E-state index in [1.165, 1.54) is 36.7 Å². The van der Waals surface area contributed by atoms with Gasteiger partial charge in [-0.15, -0.1) is 0 Å². The third-order valence-electron chi connectivity index (χ3n) is 4.36. The van der Waals surface area contributed by atoms with Gasteiger partial charge >= 0.3 is 0 Å². The number of carbonyl (C=O) groups excluding carboxylic acids is 2. The number of rotatable bonds is 11. The normalized spacial score (nSPS) is 11.1. The van der Waals surface area contributed by atoms with Gasteiger partial charge in [0.2, 0.25) is 11.8 Å². The van der Waals surface area contributed by atoms with Crippen LogP contribution in [0.2, 0.25) is 0 Å². The second-order valence-electron chi connectivity index (χ2n) is 7.00. The molecule has 0 spiro atoms. The molecule has 0 heterocycles. The van der Waals surface area contributed by atoms with Crippen LogP contribution in [-0.2, 0) is 9.59 Å². The highest BCUT2D eigenvalue weighted by atomic mass is 16.3. The molecule has 0 aromatic heterocycles. The molecule has 0 aliphatic carbocycles. The highest BCUT2D eigenvalue weighted by Gasteiger charge is 2.03. The summed E-state index contributed by atoms with van der Waals surface area (Å²) >= 11 is 0. The minimum atomic E-state index is -0.265. The Bertz CT molecular complexity index is 911. The molecule has 0 fully saturated rings. The van der Waals surface area contributed by atoms with E-state index in [1.54, 1.807) is 12.1 Å². The first-order valence-electron chi connectivity index (χ1n) is 10.0. The predicted molar refractivity (Wildman–Crippen MR) is 119 cm³/mol. The minimum Gasteiger partial charge on any atom is -0.504 e. The van der Waals surface area contributed by atoms with Crippen molar-refractivity contribution in [3.05, 3.63) is 47.5 Å². The molecule has 0 radical (unpaired) electrons. The standard InChI is InChI=1S/C22H26N4O6/c27-17-9-7-15(11-19(17)29)13-23-25-21(31)5-3-1-2-4-6-22(32)26-24-14-16-8-10-18(28)20(30)12-16/h7-14,27-30H,1-6H2,(H,25,31)(H,26,32)/b23-13+,24-14+. The number of nitrogens with zero attached hydrogens (tertiary/aromatic N) is 2. The molecular formula is C22H26N4O6. The number of nitrogens with one attached hydrogen (secondary N) is 2. The molecule has 0 unspecified atom stereocenters. The monoisotopic (exact) mass is 442 g/mol. The molecule has 0 saturated carbocycles. The Kier molecular flexibility index (Phi) is 9.51. The largest absolute Gasteiger partial charge is 0.504 e. The smallest absolute Gasteiger partial charge is 0.240 e. The summed E-state index contributed by atoms with van der Waals surface area (Å²) in [7, 11) is 0. The molecule has 10 nitrogen and oxygen atoms in total. The van der Waals surface area contributed by atoms with Crippen molar-refractivity contribution in [1.29, 1.82) is 0 Å². The molecule has 2 aromatic carbocycles. The first-order valence-corrected chi connectivity index (χ1v) is 10.0. The Hall–Kier alpha value is -4.08. The number of amides is 2. The van der Waals surface area contributed by atoms with Crippen LogP contribution in [0.15, 0.2) is 46.6 Å². The average molecular weight is 442 g/mol. The number of hydrogen-bond acceptors (Lipinski definition) is 8. The number of unbranched alkanes of at least 4 members (excludes halogenated alkanes) is 3. The summed E-state index contributed by atoms with van der Waals surface area (Å²) in [4.78, 5) is 23.5. The van der Waals surface area contributed by atoms with Crippen LogP contribution in [0.5, 0.6) is 23.0 Å². The van der Waals surface area contributed by atoms with Crippen molar-refractivity contribution in [2.45, 2.75) is 38.5 Å². The fourth-order valence-corrected chi connectivity index (χ4v) is 2.64. The van der Waals surface area contributed by atoms with Gasteiger partial charge in [-0.05, 0) is 60.4 Å². The second kappa shape index (κ2) is 12.6. The zero-order valence-corrected chi connectivity index (χ0v) is 17.4. The number of benzene rings is 2. The lowest BCUT2D eigenvalue weighted by Crippen LogP contribution is -2.17. The van der Waals surface area contributed by atoms with E-state index in [4.69, 9.17) is 0 Å². The first-order chi connectivity index (χ1) is 15.3. The van der Waals surface area contributed by atoms with Gasteiger partial charge in [0.05, 0.1) is 12.4 Å². The van der Waals surface area contributed by atoms with Gasteiger partial charge in [0.1, 0.15) is 0 Å². The second-order valence-corrected chi connectivity index (χ2v) is 7.00. The van der Waals surface area contributed by atoms with Crippen LogP contribution < -0.4 is 10.9 Å². The Morgan fingerprint density at radius 2 is 1.06 bits per heavy atom. The lowest BCUT2D eigenvalue weighted by molar-refractivity contribution is -0.122. The van der Waals surface area contributed by atoms with E-state index in [-0.39, 0.29) is 34.8 Å². The van der Waals surface area contributed by atoms with E-state index >= 15 is 0 Å². The van der Waals surface area contributed by atoms with E-state index in [0.717, 1.165) is 12.8 Å². The number of hydrogen-bond donors (Lipinski definition) is 6. The number of phenols is 4. The third-order valence-corrected chi connectivity index (χ3v) is 4.36. The van der Waals surface area contributed by atoms with Crippen LogP contribution in [0.3, 0.4) is 0 Å². The summed E-state index contributed by atoms with van der Waals surface area (Å²) in [6.45, 7) is 0. The van der Waals surface area contributed by atoms with Crippen molar-refractivity contribution in [2.24, 2.45) is 10.2 Å². The van der Waals surface area contributed by atoms with Gasteiger partial charge in [-0.2, -0.15) is 10.2 Å². The number of hydrazone groups is 2. The molecule has 170 valence electrons. The lowest BCUT2D eigenvalue weighted by atomic mass is 10.1. The van der Waals surface area contributed by atoms with Gasteiger partial charge in [-0.25, -0.2) is 10.9 Å². The molecule has 0 aliphatic rings. The van der Waals surface area contributed by atoms with E-state index in [1.807, 2.05) is 0 Å². The maximum atomic E-state index is 11.7. The molecule has 10 heteroatoms. The molecule has 6 N–H and O–H groups in total. The van der Waals surface area contributed by atoms with E-state index in [2.05, 4.69) is 21.1 Å². The molecule has 32 heavy (non-hydrogen) atoms. The van der Waals surface area contributed by atoms with Gasteiger partial charge in [-0.3, -0.25) is 9.59 Å². The van der Waals surface area contributed by atoms with Crippen molar-refractivity contribution in [3.63, 3.8) is 0 Å². The van der Waals surface area contributed by atoms with Gasteiger partial charge < -0.3 is 20.4 Å². The minimum absolute atomic E-state index is 0.230. The summed E-state index contributed by atoms with van der Waals surface area (Å²) in [5, 5.41) is 44.9. The highest BCUT2D eigenvalue weighted by molar-refractivity contribution is 5.84. The zero-order valence-electron chi connectivity index (χ0n) is 17.4. The maximum Gasteiger partial charge on any atom is 0.240 e. The summed E-state index contributed by atoms with van der Waals surface area (Å²) in [5.41, 5.74) is 5.85. The summed E-state index contributed by atoms with van der Waals surface area (Å²) < 4.78 is 0. The Labute approximate surface area is 184 Å². The topological polar surface area (TPSA) is 164 Å². The van der Waals surface area contributed by atoms with Crippen molar-refractivity contribution in [3.8, 4) is 23.0 Å². The fraction of sp³-hybridized carbons (Fsp3) is 0.273. The van der Waals surface area contributed by atoms with Crippen LogP contribution in [-0.4, -0.2) is 44.7 Å². The van der Waals surface area contributed by atoms with E-state index in [0.29, 0.717) is 36.8 Å². The summed E-state index contributed by atoms with van der Waals surface area (Å²) in [6, 6.07) is 8.39. The molecule has 0 saturated heterocycles. The van der Waals surface area contributed by atoms with Crippen LogP contribution in [0.1, 0.15) is 49.7 Å². The number of aromatic hydroxyl groups is 4. The Balaban J connectivity index is 1.53. The highest BCUT2D eigenvalue weighted by Crippen LogP contribution is 2.24. The maximum absolute atomic E-state index is 11.7. The van der Waals surface area contributed by atoms with E-state index in [9.17, 15) is 30.0 Å². The SMILES string of the molecule is O=C(CCCCCCC(=O)N/N=C/c1ccc(O)c(O)c1)N/N=C/c1ccc(O)c(O)c1. The summed E-state index contributed by atoms with van der Waals surface area (Å²) in [5.74, 6) is -1.47. The van der Waals surface area contributed by atoms with Crippen molar-refractivity contribution in [1.82, 2.24) is 10.9 Å². The quantitative estimate of drug-likeness (QED) is 0.135. The van der Waals surface area contributed by atoms with Gasteiger partial charge in [0.15, 0.2) is 23.0 Å². The third kappa shape index (κ3) is 8.74. The predicted octanol–water partition coefficient (Wildman–Crippen LogP) is 2.45. The molecule has 0 aliphatic heterocycles. The molecule has 0 atom stereocenters. The summed E-state index contributed by atoms with van der Waals surface area (Å²) in [6.07, 6.45) is 6.21. The van der Waals surface area contributed by atoms with Crippen molar-refractivity contribution < 1.29 is 30.0 Å². The Morgan fingerprint density at radius 1 is 0.656 bits per heavy atom. The fourth-order valence-electron chi connectivity index (χ4n) is 2.64. The Morgan fingerprint density at radius 3 is 1.44 bits per heavy atom. The van der Waals surface area contributed by atoms with Gasteiger partial charge in [-0.1, -0.05) is 12.8 Å². The van der Waals surface area contributed by atoms with Crippen LogP contribution in [0, 0.1) is 0 Å². The number of phenolic OH excluding ortho intramolecular Hbond substituents is 4. The number of carbonyl (C=O) groups is 2. The van der Waals surface area contributed by atoms with Gasteiger partial charge in [0.25, 0.3) is 0 Å². The lowest BCUT2D eigenvalue weighted by Gasteiger charge is -2.02. The molecule has 0 bridgehead atoms. The first kappa shape index (κ1) is 24.2. The molecule has 2 amide bonds. The van der Waals surface area contributed by atoms with Crippen molar-refractivity contribution in [2.75, 3.05) is 0 Å². The molecular weight excluding hydrogens is 416 g/mol.